The summed E-state index contributed by atoms with van der Waals surface area (Å²) in [4.78, 5) is 23.0. The number of hydrogen-bond acceptors (Lipinski definition) is 5. The van der Waals surface area contributed by atoms with Crippen molar-refractivity contribution in [3.8, 4) is 5.75 Å². The lowest BCUT2D eigenvalue weighted by Crippen LogP contribution is -2.33. The average Bonchev–Trinajstić information content (AvgIpc) is 2.58. The van der Waals surface area contributed by atoms with Gasteiger partial charge in [-0.3, -0.25) is 9.59 Å². The summed E-state index contributed by atoms with van der Waals surface area (Å²) < 4.78 is 66.4. The van der Waals surface area contributed by atoms with Crippen molar-refractivity contribution in [2.75, 3.05) is 6.54 Å². The molecule has 2 aromatic rings. The second-order valence-corrected chi connectivity index (χ2v) is 7.46. The molecule has 150 valence electrons. The molecule has 0 aliphatic carbocycles. The maximum atomic E-state index is 12.4. The van der Waals surface area contributed by atoms with E-state index in [1.54, 1.807) is 18.3 Å². The molecule has 1 N–H and O–H groups in total. The van der Waals surface area contributed by atoms with Crippen LogP contribution in [-0.4, -0.2) is 32.8 Å². The van der Waals surface area contributed by atoms with Crippen molar-refractivity contribution in [3.05, 3.63) is 59.2 Å². The third kappa shape index (κ3) is 5.56. The molecule has 0 spiro atoms. The van der Waals surface area contributed by atoms with Crippen LogP contribution in [0, 0.1) is 6.92 Å². The van der Waals surface area contributed by atoms with Crippen LogP contribution in [0.2, 0.25) is 0 Å². The first-order valence-corrected chi connectivity index (χ1v) is 9.31. The molecule has 6 nitrogen and oxygen atoms in total. The van der Waals surface area contributed by atoms with Gasteiger partial charge in [0, 0.05) is 5.56 Å². The molecule has 0 atom stereocenters. The van der Waals surface area contributed by atoms with Gasteiger partial charge in [-0.05, 0) is 55.8 Å². The zero-order valence-electron chi connectivity index (χ0n) is 14.8. The number of aryl methyl sites for hydroxylation is 1. The molecule has 0 aliphatic heterocycles. The van der Waals surface area contributed by atoms with Gasteiger partial charge in [-0.25, -0.2) is 0 Å². The van der Waals surface area contributed by atoms with E-state index in [9.17, 15) is 31.2 Å². The number of benzene rings is 2. The highest BCUT2D eigenvalue weighted by atomic mass is 32.2. The quantitative estimate of drug-likeness (QED) is 0.578. The van der Waals surface area contributed by atoms with E-state index in [0.717, 1.165) is 24.3 Å². The van der Waals surface area contributed by atoms with Crippen molar-refractivity contribution in [3.63, 3.8) is 0 Å². The largest absolute Gasteiger partial charge is 0.405 e. The lowest BCUT2D eigenvalue weighted by molar-refractivity contribution is -0.123. The Labute approximate surface area is 159 Å². The Morgan fingerprint density at radius 1 is 1.07 bits per heavy atom. The van der Waals surface area contributed by atoms with Gasteiger partial charge in [0.1, 0.15) is 11.4 Å². The van der Waals surface area contributed by atoms with Crippen LogP contribution in [0.15, 0.2) is 47.4 Å². The first kappa shape index (κ1) is 21.4. The highest BCUT2D eigenvalue weighted by Crippen LogP contribution is 2.25. The molecule has 0 heterocycles. The van der Waals surface area contributed by atoms with Gasteiger partial charge >= 0.3 is 16.3 Å². The minimum absolute atomic E-state index is 0.0809. The highest BCUT2D eigenvalue weighted by Gasteiger charge is 2.28. The molecule has 0 saturated carbocycles. The standard InChI is InChI=1S/C18H16F3NO5S/c1-11-3-8-15(12(2)23)16(9-11)27-28(25,26)14-6-4-13(5-7-14)17(24)22-10-18(19,20)21/h3-9H,10H2,1-2H3,(H,22,24). The topological polar surface area (TPSA) is 89.5 Å². The lowest BCUT2D eigenvalue weighted by atomic mass is 10.1. The van der Waals surface area contributed by atoms with E-state index in [4.69, 9.17) is 4.18 Å². The number of carbonyl (C=O) groups is 2. The summed E-state index contributed by atoms with van der Waals surface area (Å²) in [6.07, 6.45) is -4.56. The normalized spacial score (nSPS) is 11.8. The minimum atomic E-state index is -4.56. The number of carbonyl (C=O) groups excluding carboxylic acids is 2. The first-order chi connectivity index (χ1) is 12.9. The number of alkyl halides is 3. The molecular formula is C18H16F3NO5S. The summed E-state index contributed by atoms with van der Waals surface area (Å²) in [5.41, 5.74) is 0.604. The summed E-state index contributed by atoms with van der Waals surface area (Å²) in [6.45, 7) is 1.45. The first-order valence-electron chi connectivity index (χ1n) is 7.90. The van der Waals surface area contributed by atoms with Gasteiger partial charge in [0.15, 0.2) is 11.5 Å². The molecule has 0 saturated heterocycles. The molecule has 0 bridgehead atoms. The van der Waals surface area contributed by atoms with Gasteiger partial charge in [0.25, 0.3) is 5.91 Å². The summed E-state index contributed by atoms with van der Waals surface area (Å²) in [5, 5.41) is 1.68. The van der Waals surface area contributed by atoms with Crippen molar-refractivity contribution in [2.45, 2.75) is 24.9 Å². The number of amides is 1. The van der Waals surface area contributed by atoms with E-state index < -0.39 is 28.7 Å². The number of halogens is 3. The summed E-state index contributed by atoms with van der Waals surface area (Å²) in [7, 11) is -4.33. The summed E-state index contributed by atoms with van der Waals surface area (Å²) in [6, 6.07) is 8.64. The third-order valence-corrected chi connectivity index (χ3v) is 4.82. The lowest BCUT2D eigenvalue weighted by Gasteiger charge is -2.11. The molecule has 10 heteroatoms. The third-order valence-electron chi connectivity index (χ3n) is 3.57. The highest BCUT2D eigenvalue weighted by molar-refractivity contribution is 7.87. The molecular weight excluding hydrogens is 399 g/mol. The molecule has 1 amide bonds. The van der Waals surface area contributed by atoms with Gasteiger partial charge in [-0.2, -0.15) is 21.6 Å². The molecule has 2 rings (SSSR count). The van der Waals surface area contributed by atoms with Crippen molar-refractivity contribution in [1.29, 1.82) is 0 Å². The number of rotatable bonds is 6. The predicted molar refractivity (Wildman–Crippen MR) is 93.8 cm³/mol. The van der Waals surface area contributed by atoms with E-state index in [2.05, 4.69) is 0 Å². The fourth-order valence-electron chi connectivity index (χ4n) is 2.21. The number of nitrogens with one attached hydrogen (secondary N) is 1. The monoisotopic (exact) mass is 415 g/mol. The Hall–Kier alpha value is -2.88. The van der Waals surface area contributed by atoms with Gasteiger partial charge in [0.2, 0.25) is 0 Å². The zero-order chi connectivity index (χ0) is 21.1. The van der Waals surface area contributed by atoms with Crippen LogP contribution in [0.4, 0.5) is 13.2 Å². The van der Waals surface area contributed by atoms with Gasteiger partial charge in [-0.1, -0.05) is 6.07 Å². The number of hydrogen-bond donors (Lipinski definition) is 1. The Morgan fingerprint density at radius 2 is 1.68 bits per heavy atom. The zero-order valence-corrected chi connectivity index (χ0v) is 15.6. The fourth-order valence-corrected chi connectivity index (χ4v) is 3.15. The Bertz CT molecular complexity index is 999. The number of Topliss-reactive ketones (excluding diaryl/α,β-unsaturated/α-hetero) is 1. The SMILES string of the molecule is CC(=O)c1ccc(C)cc1OS(=O)(=O)c1ccc(C(=O)NCC(F)(F)F)cc1. The minimum Gasteiger partial charge on any atom is -0.378 e. The molecule has 0 unspecified atom stereocenters. The van der Waals surface area contributed by atoms with Gasteiger partial charge in [0.05, 0.1) is 5.56 Å². The smallest absolute Gasteiger partial charge is 0.378 e. The van der Waals surface area contributed by atoms with Crippen molar-refractivity contribution >= 4 is 21.8 Å². The molecule has 0 aromatic heterocycles. The predicted octanol–water partition coefficient (Wildman–Crippen LogP) is 3.26. The van der Waals surface area contributed by atoms with Crippen LogP contribution in [-0.2, 0) is 10.1 Å². The van der Waals surface area contributed by atoms with Crippen molar-refractivity contribution < 1.29 is 35.4 Å². The Balaban J connectivity index is 2.22. The Kier molecular flexibility index (Phi) is 6.13. The van der Waals surface area contributed by atoms with Crippen LogP contribution < -0.4 is 9.50 Å². The number of ketones is 1. The van der Waals surface area contributed by atoms with Crippen LogP contribution in [0.3, 0.4) is 0 Å². The van der Waals surface area contributed by atoms with Gasteiger partial charge in [-0.15, -0.1) is 0 Å². The maximum Gasteiger partial charge on any atom is 0.405 e. The molecule has 28 heavy (non-hydrogen) atoms. The molecule has 2 aromatic carbocycles. The van der Waals surface area contributed by atoms with Crippen LogP contribution in [0.25, 0.3) is 0 Å². The average molecular weight is 415 g/mol. The van der Waals surface area contributed by atoms with E-state index in [1.165, 1.54) is 19.1 Å². The van der Waals surface area contributed by atoms with Crippen molar-refractivity contribution in [1.82, 2.24) is 5.32 Å². The molecule has 0 fully saturated rings. The second-order valence-electron chi connectivity index (χ2n) is 5.92. The van der Waals surface area contributed by atoms with Crippen molar-refractivity contribution in [2.24, 2.45) is 0 Å². The second kappa shape index (κ2) is 8.01. The van der Waals surface area contributed by atoms with Crippen LogP contribution >= 0.6 is 0 Å². The van der Waals surface area contributed by atoms with E-state index in [0.29, 0.717) is 5.56 Å². The van der Waals surface area contributed by atoms with Gasteiger partial charge < -0.3 is 9.50 Å². The summed E-state index contributed by atoms with van der Waals surface area (Å²) >= 11 is 0. The van der Waals surface area contributed by atoms with E-state index in [-0.39, 0.29) is 27.6 Å². The van der Waals surface area contributed by atoms with E-state index in [1.807, 2.05) is 0 Å². The van der Waals surface area contributed by atoms with Crippen LogP contribution in [0.5, 0.6) is 5.75 Å². The summed E-state index contributed by atoms with van der Waals surface area (Å²) in [5.74, 6) is -1.53. The molecule has 0 radical (unpaired) electrons. The van der Waals surface area contributed by atoms with Crippen LogP contribution in [0.1, 0.15) is 33.2 Å². The van der Waals surface area contributed by atoms with E-state index >= 15 is 0 Å². The maximum absolute atomic E-state index is 12.4. The Morgan fingerprint density at radius 3 is 2.21 bits per heavy atom. The fraction of sp³-hybridized carbons (Fsp3) is 0.222. The molecule has 0 aliphatic rings.